The van der Waals surface area contributed by atoms with Gasteiger partial charge in [-0.2, -0.15) is 0 Å². The van der Waals surface area contributed by atoms with Crippen LogP contribution in [0.4, 0.5) is 0 Å². The van der Waals surface area contributed by atoms with Gasteiger partial charge in [0.2, 0.25) is 0 Å². The van der Waals surface area contributed by atoms with Crippen LogP contribution in [0.25, 0.3) is 0 Å². The van der Waals surface area contributed by atoms with Gasteiger partial charge < -0.3 is 10.3 Å². The SMILES string of the molecule is CC12CCC(=NO)CC1CCC1C2CCC2(C)C1CCC2(C)O. The Morgan fingerprint density at radius 1 is 0.957 bits per heavy atom. The van der Waals surface area contributed by atoms with Crippen LogP contribution in [0.5, 0.6) is 0 Å². The Hall–Kier alpha value is -0.570. The van der Waals surface area contributed by atoms with Crippen LogP contribution in [0.3, 0.4) is 0 Å². The van der Waals surface area contributed by atoms with E-state index in [0.29, 0.717) is 17.3 Å². The highest BCUT2D eigenvalue weighted by molar-refractivity contribution is 5.85. The third kappa shape index (κ3) is 2.01. The van der Waals surface area contributed by atoms with E-state index in [1.807, 2.05) is 0 Å². The van der Waals surface area contributed by atoms with E-state index in [1.54, 1.807) is 0 Å². The number of rotatable bonds is 0. The van der Waals surface area contributed by atoms with Gasteiger partial charge in [-0.1, -0.05) is 19.0 Å². The summed E-state index contributed by atoms with van der Waals surface area (Å²) in [6, 6.07) is 0. The van der Waals surface area contributed by atoms with Crippen LogP contribution < -0.4 is 0 Å². The topological polar surface area (TPSA) is 52.8 Å². The summed E-state index contributed by atoms with van der Waals surface area (Å²) >= 11 is 0. The molecule has 0 aromatic carbocycles. The summed E-state index contributed by atoms with van der Waals surface area (Å²) in [6.07, 6.45) is 10.5. The minimum absolute atomic E-state index is 0.129. The molecule has 4 aliphatic rings. The molecule has 0 bridgehead atoms. The van der Waals surface area contributed by atoms with Crippen LogP contribution in [0.15, 0.2) is 5.16 Å². The molecule has 4 aliphatic carbocycles. The Bertz CT molecular complexity index is 528. The van der Waals surface area contributed by atoms with Gasteiger partial charge >= 0.3 is 0 Å². The molecule has 130 valence electrons. The van der Waals surface area contributed by atoms with Crippen LogP contribution in [-0.2, 0) is 0 Å². The van der Waals surface area contributed by atoms with E-state index in [1.165, 1.54) is 38.5 Å². The van der Waals surface area contributed by atoms with Crippen LogP contribution in [0, 0.1) is 34.5 Å². The number of hydrogen-bond donors (Lipinski definition) is 2. The van der Waals surface area contributed by atoms with Gasteiger partial charge in [0, 0.05) is 0 Å². The van der Waals surface area contributed by atoms with Crippen molar-refractivity contribution in [1.29, 1.82) is 0 Å². The fourth-order valence-electron chi connectivity index (χ4n) is 7.39. The van der Waals surface area contributed by atoms with Crippen molar-refractivity contribution in [3.63, 3.8) is 0 Å². The van der Waals surface area contributed by atoms with Crippen LogP contribution >= 0.6 is 0 Å². The molecule has 0 heterocycles. The molecule has 0 aliphatic heterocycles. The maximum absolute atomic E-state index is 11.0. The largest absolute Gasteiger partial charge is 0.411 e. The molecule has 4 rings (SSSR count). The lowest BCUT2D eigenvalue weighted by Gasteiger charge is -2.61. The first kappa shape index (κ1) is 15.9. The fraction of sp³-hybridized carbons (Fsp3) is 0.950. The number of hydrogen-bond acceptors (Lipinski definition) is 3. The summed E-state index contributed by atoms with van der Waals surface area (Å²) in [5, 5.41) is 23.7. The highest BCUT2D eigenvalue weighted by Gasteiger charge is 2.63. The van der Waals surface area contributed by atoms with Crippen LogP contribution in [-0.4, -0.2) is 21.6 Å². The molecule has 7 atom stereocenters. The standard InChI is InChI=1S/C20H33NO2/c1-18-9-6-14(21-23)12-13(18)4-5-15-16(18)7-10-19(2)17(15)8-11-20(19,3)22/h13,15-17,22-23H,4-12H2,1-3H3. The predicted molar refractivity (Wildman–Crippen MR) is 91.6 cm³/mol. The molecule has 0 saturated heterocycles. The third-order valence-corrected chi connectivity index (χ3v) is 9.20. The molecule has 23 heavy (non-hydrogen) atoms. The third-order valence-electron chi connectivity index (χ3n) is 9.20. The first-order valence-corrected chi connectivity index (χ1v) is 9.74. The first-order valence-electron chi connectivity index (χ1n) is 9.74. The molecule has 3 nitrogen and oxygen atoms in total. The first-order chi connectivity index (χ1) is 10.8. The second-order valence-corrected chi connectivity index (χ2v) is 9.80. The Labute approximate surface area is 140 Å². The van der Waals surface area contributed by atoms with Crippen molar-refractivity contribution in [3.8, 4) is 0 Å². The molecule has 0 aromatic heterocycles. The number of oxime groups is 1. The highest BCUT2D eigenvalue weighted by atomic mass is 16.4. The molecule has 4 fully saturated rings. The lowest BCUT2D eigenvalue weighted by Crippen LogP contribution is -2.56. The summed E-state index contributed by atoms with van der Waals surface area (Å²) in [5.41, 5.74) is 1.11. The van der Waals surface area contributed by atoms with E-state index in [2.05, 4.69) is 25.9 Å². The molecule has 0 spiro atoms. The van der Waals surface area contributed by atoms with Gasteiger partial charge in [0.15, 0.2) is 0 Å². The molecule has 0 aromatic rings. The molecule has 7 unspecified atom stereocenters. The van der Waals surface area contributed by atoms with Gasteiger partial charge in [-0.25, -0.2) is 0 Å². The summed E-state index contributed by atoms with van der Waals surface area (Å²) in [4.78, 5) is 0. The van der Waals surface area contributed by atoms with E-state index in [-0.39, 0.29) is 5.41 Å². The van der Waals surface area contributed by atoms with Crippen LogP contribution in [0.2, 0.25) is 0 Å². The number of fused-ring (bicyclic) bond motifs is 5. The molecule has 0 amide bonds. The predicted octanol–water partition coefficient (Wildman–Crippen LogP) is 4.61. The van der Waals surface area contributed by atoms with Crippen molar-refractivity contribution in [1.82, 2.24) is 0 Å². The van der Waals surface area contributed by atoms with E-state index < -0.39 is 5.60 Å². The Balaban J connectivity index is 1.63. The van der Waals surface area contributed by atoms with Crippen molar-refractivity contribution >= 4 is 5.71 Å². The quantitative estimate of drug-likeness (QED) is 0.506. The summed E-state index contributed by atoms with van der Waals surface area (Å²) in [5.74, 6) is 3.03. The van der Waals surface area contributed by atoms with E-state index in [0.717, 1.165) is 36.8 Å². The van der Waals surface area contributed by atoms with Gasteiger partial charge in [0.1, 0.15) is 0 Å². The zero-order valence-electron chi connectivity index (χ0n) is 15.0. The van der Waals surface area contributed by atoms with Gasteiger partial charge in [-0.3, -0.25) is 0 Å². The van der Waals surface area contributed by atoms with Gasteiger partial charge in [0.25, 0.3) is 0 Å². The zero-order chi connectivity index (χ0) is 16.5. The monoisotopic (exact) mass is 319 g/mol. The minimum Gasteiger partial charge on any atom is -0.411 e. The van der Waals surface area contributed by atoms with Gasteiger partial charge in [-0.05, 0) is 99.2 Å². The summed E-state index contributed by atoms with van der Waals surface area (Å²) in [6.45, 7) is 6.98. The van der Waals surface area contributed by atoms with Gasteiger partial charge in [-0.15, -0.1) is 0 Å². The summed E-state index contributed by atoms with van der Waals surface area (Å²) < 4.78 is 0. The smallest absolute Gasteiger partial charge is 0.0675 e. The molecule has 0 radical (unpaired) electrons. The summed E-state index contributed by atoms with van der Waals surface area (Å²) in [7, 11) is 0. The molecule has 2 N–H and O–H groups in total. The zero-order valence-corrected chi connectivity index (χ0v) is 15.0. The van der Waals surface area contributed by atoms with Crippen molar-refractivity contribution < 1.29 is 10.3 Å². The van der Waals surface area contributed by atoms with E-state index in [4.69, 9.17) is 0 Å². The number of nitrogens with zero attached hydrogens (tertiary/aromatic N) is 1. The lowest BCUT2D eigenvalue weighted by atomic mass is 9.44. The maximum atomic E-state index is 11.0. The van der Waals surface area contributed by atoms with Crippen molar-refractivity contribution in [3.05, 3.63) is 0 Å². The van der Waals surface area contributed by atoms with Crippen LogP contribution in [0.1, 0.15) is 78.6 Å². The van der Waals surface area contributed by atoms with E-state index >= 15 is 0 Å². The lowest BCUT2D eigenvalue weighted by molar-refractivity contribution is -0.140. The average molecular weight is 319 g/mol. The Kier molecular flexibility index (Phi) is 3.44. The average Bonchev–Trinajstić information content (AvgIpc) is 2.77. The van der Waals surface area contributed by atoms with E-state index in [9.17, 15) is 10.3 Å². The fourth-order valence-corrected chi connectivity index (χ4v) is 7.39. The molecular weight excluding hydrogens is 286 g/mol. The molecule has 4 saturated carbocycles. The number of aliphatic hydroxyl groups is 1. The Morgan fingerprint density at radius 3 is 2.43 bits per heavy atom. The van der Waals surface area contributed by atoms with Gasteiger partial charge in [0.05, 0.1) is 11.3 Å². The minimum atomic E-state index is -0.469. The Morgan fingerprint density at radius 2 is 1.70 bits per heavy atom. The van der Waals surface area contributed by atoms with Crippen molar-refractivity contribution in [2.24, 2.45) is 39.7 Å². The second kappa shape index (κ2) is 4.97. The molecule has 3 heteroatoms. The maximum Gasteiger partial charge on any atom is 0.0675 e. The normalized spacial score (nSPS) is 57.7. The highest BCUT2D eigenvalue weighted by Crippen LogP contribution is 2.67. The second-order valence-electron chi connectivity index (χ2n) is 9.80. The van der Waals surface area contributed by atoms with Crippen molar-refractivity contribution in [2.45, 2.75) is 84.2 Å². The molecular formula is C20H33NO2. The van der Waals surface area contributed by atoms with Crippen molar-refractivity contribution in [2.75, 3.05) is 0 Å².